The molecule has 1 aromatic heterocycles. The number of nitrogens with zero attached hydrogens (tertiary/aromatic N) is 6. The van der Waals surface area contributed by atoms with Crippen LogP contribution in [0.15, 0.2) is 30.5 Å². The van der Waals surface area contributed by atoms with Crippen molar-refractivity contribution in [3.8, 4) is 0 Å². The molecule has 0 bridgehead atoms. The summed E-state index contributed by atoms with van der Waals surface area (Å²) in [6.07, 6.45) is 5.06. The molecule has 1 aromatic carbocycles. The monoisotopic (exact) mass is 424 g/mol. The summed E-state index contributed by atoms with van der Waals surface area (Å²) in [4.78, 5) is 19.9. The number of amides is 1. The highest BCUT2D eigenvalue weighted by molar-refractivity contribution is 5.91. The molecule has 8 nitrogen and oxygen atoms in total. The van der Waals surface area contributed by atoms with Crippen LogP contribution in [0.2, 0.25) is 0 Å². The number of benzene rings is 1. The number of carbonyl (C=O) groups excluding carboxylic acids is 1. The Morgan fingerprint density at radius 1 is 0.968 bits per heavy atom. The fourth-order valence-corrected chi connectivity index (χ4v) is 5.04. The van der Waals surface area contributed by atoms with Gasteiger partial charge in [0.1, 0.15) is 0 Å². The van der Waals surface area contributed by atoms with Gasteiger partial charge in [0.05, 0.1) is 26.0 Å². The normalized spacial score (nSPS) is 21.2. The van der Waals surface area contributed by atoms with Crippen molar-refractivity contribution in [1.29, 1.82) is 0 Å². The van der Waals surface area contributed by atoms with Crippen molar-refractivity contribution >= 4 is 5.91 Å². The molecule has 2 saturated heterocycles. The van der Waals surface area contributed by atoms with E-state index in [9.17, 15) is 4.79 Å². The highest BCUT2D eigenvalue weighted by Crippen LogP contribution is 2.26. The lowest BCUT2D eigenvalue weighted by molar-refractivity contribution is 0.0359. The molecule has 31 heavy (non-hydrogen) atoms. The third-order valence-corrected chi connectivity index (χ3v) is 6.87. The van der Waals surface area contributed by atoms with E-state index in [4.69, 9.17) is 4.74 Å². The Morgan fingerprint density at radius 2 is 1.74 bits per heavy atom. The summed E-state index contributed by atoms with van der Waals surface area (Å²) < 4.78 is 7.19. The average Bonchev–Trinajstić information content (AvgIpc) is 3.39. The van der Waals surface area contributed by atoms with Gasteiger partial charge in [0.2, 0.25) is 0 Å². The van der Waals surface area contributed by atoms with Gasteiger partial charge in [-0.25, -0.2) is 0 Å². The summed E-state index contributed by atoms with van der Waals surface area (Å²) in [5, 5.41) is 8.37. The molecule has 166 valence electrons. The smallest absolute Gasteiger partial charge is 0.276 e. The van der Waals surface area contributed by atoms with Crippen molar-refractivity contribution in [2.24, 2.45) is 0 Å². The zero-order chi connectivity index (χ0) is 21.0. The highest BCUT2D eigenvalue weighted by Gasteiger charge is 2.29. The molecule has 5 rings (SSSR count). The van der Waals surface area contributed by atoms with E-state index in [2.05, 4.69) is 44.4 Å². The van der Waals surface area contributed by atoms with Gasteiger partial charge < -0.3 is 9.64 Å². The summed E-state index contributed by atoms with van der Waals surface area (Å²) >= 11 is 0. The lowest BCUT2D eigenvalue weighted by Crippen LogP contribution is -2.40. The number of hydrogen-bond donors (Lipinski definition) is 0. The maximum Gasteiger partial charge on any atom is 0.276 e. The van der Waals surface area contributed by atoms with E-state index >= 15 is 0 Å². The van der Waals surface area contributed by atoms with Crippen LogP contribution in [-0.2, 0) is 24.1 Å². The van der Waals surface area contributed by atoms with E-state index in [0.717, 1.165) is 84.8 Å². The van der Waals surface area contributed by atoms with E-state index in [1.165, 1.54) is 11.1 Å². The molecule has 0 unspecified atom stereocenters. The van der Waals surface area contributed by atoms with Gasteiger partial charge in [0.15, 0.2) is 5.69 Å². The quantitative estimate of drug-likeness (QED) is 0.711. The second-order valence-electron chi connectivity index (χ2n) is 8.83. The van der Waals surface area contributed by atoms with Crippen LogP contribution in [-0.4, -0.2) is 101 Å². The van der Waals surface area contributed by atoms with Crippen molar-refractivity contribution in [1.82, 2.24) is 29.7 Å². The Hall–Kier alpha value is -2.29. The van der Waals surface area contributed by atoms with E-state index in [1.807, 2.05) is 4.90 Å². The molecule has 2 aromatic rings. The Bertz CT molecular complexity index is 869. The van der Waals surface area contributed by atoms with Crippen LogP contribution in [0.3, 0.4) is 0 Å². The zero-order valence-electron chi connectivity index (χ0n) is 18.2. The van der Waals surface area contributed by atoms with Crippen LogP contribution >= 0.6 is 0 Å². The Morgan fingerprint density at radius 3 is 2.52 bits per heavy atom. The minimum absolute atomic E-state index is 0.00850. The van der Waals surface area contributed by atoms with Crippen LogP contribution in [0, 0.1) is 0 Å². The number of aromatic nitrogens is 3. The Labute approximate surface area is 183 Å². The first kappa shape index (κ1) is 20.6. The van der Waals surface area contributed by atoms with Crippen molar-refractivity contribution in [3.05, 3.63) is 47.3 Å². The second-order valence-corrected chi connectivity index (χ2v) is 8.83. The first-order valence-electron chi connectivity index (χ1n) is 11.6. The zero-order valence-corrected chi connectivity index (χ0v) is 18.2. The van der Waals surface area contributed by atoms with Crippen LogP contribution in [0.4, 0.5) is 0 Å². The molecule has 3 aliphatic rings. The standard InChI is InChI=1S/C23H32N6O2/c30-23(22-18-29(25-24-22)11-8-26-12-14-31-15-13-26)28-7-3-6-27(9-10-28)21-16-19-4-1-2-5-20(19)17-21/h1-2,4-5,18,21H,3,6-17H2. The fraction of sp³-hybridized carbons (Fsp3) is 0.609. The molecule has 8 heteroatoms. The summed E-state index contributed by atoms with van der Waals surface area (Å²) in [7, 11) is 0. The molecule has 0 atom stereocenters. The van der Waals surface area contributed by atoms with Crippen molar-refractivity contribution < 1.29 is 9.53 Å². The second kappa shape index (κ2) is 9.46. The minimum Gasteiger partial charge on any atom is -0.379 e. The molecule has 0 radical (unpaired) electrons. The Kier molecular flexibility index (Phi) is 6.29. The van der Waals surface area contributed by atoms with Gasteiger partial charge >= 0.3 is 0 Å². The van der Waals surface area contributed by atoms with Crippen molar-refractivity contribution in [2.75, 3.05) is 59.0 Å². The molecule has 2 fully saturated rings. The first-order chi connectivity index (χ1) is 15.3. The predicted molar refractivity (Wildman–Crippen MR) is 117 cm³/mol. The summed E-state index contributed by atoms with van der Waals surface area (Å²) in [6, 6.07) is 9.35. The molecule has 0 N–H and O–H groups in total. The minimum atomic E-state index is 0.00850. The lowest BCUT2D eigenvalue weighted by Gasteiger charge is -2.27. The van der Waals surface area contributed by atoms with Gasteiger partial charge in [0.25, 0.3) is 5.91 Å². The molecule has 1 amide bonds. The number of rotatable bonds is 5. The van der Waals surface area contributed by atoms with Gasteiger partial charge in [-0.1, -0.05) is 29.5 Å². The number of morpholine rings is 1. The summed E-state index contributed by atoms with van der Waals surface area (Å²) in [6.45, 7) is 8.67. The molecule has 0 spiro atoms. The summed E-state index contributed by atoms with van der Waals surface area (Å²) in [5.74, 6) is 0.00850. The molecule has 2 aliphatic heterocycles. The average molecular weight is 425 g/mol. The van der Waals surface area contributed by atoms with Crippen molar-refractivity contribution in [3.63, 3.8) is 0 Å². The number of carbonyl (C=O) groups is 1. The molecule has 3 heterocycles. The van der Waals surface area contributed by atoms with E-state index in [-0.39, 0.29) is 5.91 Å². The SMILES string of the molecule is O=C(c1cn(CCN2CCOCC2)nn1)N1CCCN(C2Cc3ccccc3C2)CC1. The van der Waals surface area contributed by atoms with Gasteiger partial charge in [-0.05, 0) is 30.4 Å². The van der Waals surface area contributed by atoms with Gasteiger partial charge in [0, 0.05) is 51.9 Å². The largest absolute Gasteiger partial charge is 0.379 e. The van der Waals surface area contributed by atoms with Crippen LogP contribution < -0.4 is 0 Å². The number of hydrogen-bond acceptors (Lipinski definition) is 6. The van der Waals surface area contributed by atoms with Gasteiger partial charge in [-0.3, -0.25) is 19.3 Å². The van der Waals surface area contributed by atoms with E-state index < -0.39 is 0 Å². The molecule has 0 saturated carbocycles. The molecular formula is C23H32N6O2. The third-order valence-electron chi connectivity index (χ3n) is 6.87. The predicted octanol–water partition coefficient (Wildman–Crippen LogP) is 0.926. The Balaban J connectivity index is 1.13. The fourth-order valence-electron chi connectivity index (χ4n) is 5.04. The molecule has 1 aliphatic carbocycles. The van der Waals surface area contributed by atoms with Crippen LogP contribution in [0.25, 0.3) is 0 Å². The third kappa shape index (κ3) is 4.81. The maximum atomic E-state index is 13.0. The number of fused-ring (bicyclic) bond motifs is 1. The van der Waals surface area contributed by atoms with Crippen LogP contribution in [0.5, 0.6) is 0 Å². The van der Waals surface area contributed by atoms with Crippen molar-refractivity contribution in [2.45, 2.75) is 31.8 Å². The van der Waals surface area contributed by atoms with Crippen LogP contribution in [0.1, 0.15) is 28.0 Å². The first-order valence-corrected chi connectivity index (χ1v) is 11.6. The topological polar surface area (TPSA) is 66.7 Å². The number of ether oxygens (including phenoxy) is 1. The summed E-state index contributed by atoms with van der Waals surface area (Å²) in [5.41, 5.74) is 3.43. The highest BCUT2D eigenvalue weighted by atomic mass is 16.5. The van der Waals surface area contributed by atoms with Gasteiger partial charge in [-0.15, -0.1) is 5.10 Å². The molecular weight excluding hydrogens is 392 g/mol. The van der Waals surface area contributed by atoms with E-state index in [0.29, 0.717) is 11.7 Å². The van der Waals surface area contributed by atoms with Gasteiger partial charge in [-0.2, -0.15) is 0 Å². The van der Waals surface area contributed by atoms with E-state index in [1.54, 1.807) is 10.9 Å². The maximum absolute atomic E-state index is 13.0. The lowest BCUT2D eigenvalue weighted by atomic mass is 10.1.